The Morgan fingerprint density at radius 3 is 2.66 bits per heavy atom. The summed E-state index contributed by atoms with van der Waals surface area (Å²) < 4.78 is 29.1. The predicted octanol–water partition coefficient (Wildman–Crippen LogP) is 2.94. The smallest absolute Gasteiger partial charge is 0.284 e. The number of nitrogens with one attached hydrogen (secondary N) is 1. The number of amidine groups is 1. The number of sulfonamides is 1. The van der Waals surface area contributed by atoms with E-state index < -0.39 is 10.0 Å². The van der Waals surface area contributed by atoms with E-state index in [0.717, 1.165) is 18.5 Å². The third kappa shape index (κ3) is 5.42. The predicted molar refractivity (Wildman–Crippen MR) is 111 cm³/mol. The van der Waals surface area contributed by atoms with Crippen molar-refractivity contribution < 1.29 is 13.2 Å². The Balaban J connectivity index is 1.64. The zero-order valence-corrected chi connectivity index (χ0v) is 16.9. The van der Waals surface area contributed by atoms with E-state index in [2.05, 4.69) is 15.8 Å². The maximum atomic E-state index is 12.6. The van der Waals surface area contributed by atoms with Gasteiger partial charge in [0.05, 0.1) is 16.5 Å². The molecule has 3 rings (SSSR count). The first-order valence-corrected chi connectivity index (χ1v) is 10.8. The van der Waals surface area contributed by atoms with Gasteiger partial charge in [0.15, 0.2) is 0 Å². The summed E-state index contributed by atoms with van der Waals surface area (Å²) in [7, 11) is -2.00. The fourth-order valence-electron chi connectivity index (χ4n) is 3.06. The number of likely N-dealkylation sites (tertiary alicyclic amines) is 1. The summed E-state index contributed by atoms with van der Waals surface area (Å²) in [5.41, 5.74) is 1.94. The number of hydrogen-bond acceptors (Lipinski definition) is 4. The number of carbonyl (C=O) groups excluding carboxylic acids is 1. The number of carbonyl (C=O) groups is 1. The lowest BCUT2D eigenvalue weighted by Crippen LogP contribution is -2.20. The van der Waals surface area contributed by atoms with Gasteiger partial charge in [0.2, 0.25) is 5.91 Å². The topological polar surface area (TPSA) is 103 Å². The van der Waals surface area contributed by atoms with E-state index in [9.17, 15) is 13.2 Å². The Kier molecular flexibility index (Phi) is 6.29. The van der Waals surface area contributed by atoms with Crippen molar-refractivity contribution >= 4 is 27.5 Å². The van der Waals surface area contributed by atoms with Crippen molar-refractivity contribution in [3.8, 4) is 6.07 Å². The largest absolute Gasteiger partial charge is 0.362 e. The molecule has 7 nitrogen and oxygen atoms in total. The van der Waals surface area contributed by atoms with Crippen LogP contribution in [0, 0.1) is 11.3 Å². The van der Waals surface area contributed by atoms with Crippen LogP contribution in [0.3, 0.4) is 0 Å². The number of anilines is 1. The number of aryl methyl sites for hydroxylation is 1. The number of rotatable bonds is 6. The van der Waals surface area contributed by atoms with Gasteiger partial charge in [0.1, 0.15) is 5.84 Å². The number of benzene rings is 2. The van der Waals surface area contributed by atoms with E-state index in [-0.39, 0.29) is 17.2 Å². The van der Waals surface area contributed by atoms with Crippen LogP contribution in [0.1, 0.15) is 30.4 Å². The molecule has 0 bridgehead atoms. The van der Waals surface area contributed by atoms with Crippen LogP contribution in [0.15, 0.2) is 57.8 Å². The van der Waals surface area contributed by atoms with Gasteiger partial charge in [-0.05, 0) is 48.7 Å². The average molecular weight is 410 g/mol. The Bertz CT molecular complexity index is 1070. The van der Waals surface area contributed by atoms with Crippen LogP contribution in [0.2, 0.25) is 0 Å². The molecule has 0 radical (unpaired) electrons. The molecule has 0 aliphatic carbocycles. The first-order valence-electron chi connectivity index (χ1n) is 9.31. The molecule has 0 aromatic heterocycles. The lowest BCUT2D eigenvalue weighted by molar-refractivity contribution is -0.116. The maximum Gasteiger partial charge on any atom is 0.284 e. The van der Waals surface area contributed by atoms with Crippen LogP contribution in [-0.2, 0) is 21.2 Å². The molecule has 0 unspecified atom stereocenters. The molecule has 1 aliphatic rings. The number of nitriles is 1. The third-order valence-electron chi connectivity index (χ3n) is 4.70. The van der Waals surface area contributed by atoms with Gasteiger partial charge in [-0.25, -0.2) is 0 Å². The van der Waals surface area contributed by atoms with Crippen LogP contribution in [0.4, 0.5) is 5.69 Å². The molecule has 1 N–H and O–H groups in total. The molecule has 1 aliphatic heterocycles. The Labute approximate surface area is 170 Å². The SMILES string of the molecule is CN1CCC/C1=N\S(=O)(=O)c1cccc(NC(=O)CCc2ccc(C#N)cc2)c1. The molecule has 1 heterocycles. The van der Waals surface area contributed by atoms with Crippen molar-refractivity contribution in [2.24, 2.45) is 4.40 Å². The van der Waals surface area contributed by atoms with Crippen molar-refractivity contribution in [1.29, 1.82) is 5.26 Å². The highest BCUT2D eigenvalue weighted by molar-refractivity contribution is 7.90. The van der Waals surface area contributed by atoms with E-state index in [4.69, 9.17) is 5.26 Å². The van der Waals surface area contributed by atoms with Gasteiger partial charge < -0.3 is 10.2 Å². The standard InChI is InChI=1S/C21H22N4O3S/c1-25-13-3-6-20(25)24-29(27,28)19-5-2-4-18(14-19)23-21(26)12-11-16-7-9-17(15-22)10-8-16/h2,4-5,7-10,14H,3,6,11-13H2,1H3,(H,23,26)/b24-20+. The van der Waals surface area contributed by atoms with Gasteiger partial charge in [-0.15, -0.1) is 4.40 Å². The minimum absolute atomic E-state index is 0.0511. The monoisotopic (exact) mass is 410 g/mol. The zero-order valence-electron chi connectivity index (χ0n) is 16.1. The summed E-state index contributed by atoms with van der Waals surface area (Å²) in [6, 6.07) is 15.2. The fraction of sp³-hybridized carbons (Fsp3) is 0.286. The number of amides is 1. The molecular weight excluding hydrogens is 388 g/mol. The highest BCUT2D eigenvalue weighted by Gasteiger charge is 2.20. The summed E-state index contributed by atoms with van der Waals surface area (Å²) in [6.45, 7) is 0.795. The van der Waals surface area contributed by atoms with Gasteiger partial charge in [0.25, 0.3) is 10.0 Å². The summed E-state index contributed by atoms with van der Waals surface area (Å²) in [5, 5.41) is 11.6. The molecule has 0 saturated carbocycles. The van der Waals surface area contributed by atoms with Crippen molar-refractivity contribution in [2.45, 2.75) is 30.6 Å². The Morgan fingerprint density at radius 1 is 1.24 bits per heavy atom. The summed E-state index contributed by atoms with van der Waals surface area (Å²) in [6.07, 6.45) is 2.30. The molecule has 0 spiro atoms. The molecule has 8 heteroatoms. The van der Waals surface area contributed by atoms with E-state index in [1.807, 2.05) is 24.1 Å². The van der Waals surface area contributed by atoms with Crippen LogP contribution < -0.4 is 5.32 Å². The Morgan fingerprint density at radius 2 is 2.00 bits per heavy atom. The molecule has 1 fully saturated rings. The average Bonchev–Trinajstić information content (AvgIpc) is 3.11. The third-order valence-corrected chi connectivity index (χ3v) is 6.00. The van der Waals surface area contributed by atoms with Crippen LogP contribution in [0.5, 0.6) is 0 Å². The first-order chi connectivity index (χ1) is 13.9. The lowest BCUT2D eigenvalue weighted by Gasteiger charge is -2.11. The Hall–Kier alpha value is -3.18. The second kappa shape index (κ2) is 8.88. The number of nitrogens with zero attached hydrogens (tertiary/aromatic N) is 3. The van der Waals surface area contributed by atoms with Crippen molar-refractivity contribution in [2.75, 3.05) is 18.9 Å². The molecule has 2 aromatic rings. The van der Waals surface area contributed by atoms with Gasteiger partial charge >= 0.3 is 0 Å². The van der Waals surface area contributed by atoms with Crippen molar-refractivity contribution in [3.05, 3.63) is 59.7 Å². The minimum atomic E-state index is -3.83. The minimum Gasteiger partial charge on any atom is -0.362 e. The van der Waals surface area contributed by atoms with Gasteiger partial charge in [-0.3, -0.25) is 4.79 Å². The molecule has 1 amide bonds. The highest BCUT2D eigenvalue weighted by Crippen LogP contribution is 2.20. The van der Waals surface area contributed by atoms with E-state index in [0.29, 0.717) is 29.9 Å². The first kappa shape index (κ1) is 20.6. The molecule has 29 heavy (non-hydrogen) atoms. The van der Waals surface area contributed by atoms with Crippen LogP contribution in [-0.4, -0.2) is 38.7 Å². The van der Waals surface area contributed by atoms with E-state index in [1.165, 1.54) is 12.1 Å². The molecular formula is C21H22N4O3S. The fourth-order valence-corrected chi connectivity index (χ4v) is 4.20. The number of hydrogen-bond donors (Lipinski definition) is 1. The second-order valence-electron chi connectivity index (χ2n) is 6.89. The van der Waals surface area contributed by atoms with Gasteiger partial charge in [-0.1, -0.05) is 18.2 Å². The van der Waals surface area contributed by atoms with E-state index in [1.54, 1.807) is 24.3 Å². The molecule has 1 saturated heterocycles. The highest BCUT2D eigenvalue weighted by atomic mass is 32.2. The maximum absolute atomic E-state index is 12.6. The zero-order chi connectivity index (χ0) is 20.9. The normalized spacial score (nSPS) is 15.3. The second-order valence-corrected chi connectivity index (χ2v) is 8.50. The molecule has 2 aromatic carbocycles. The summed E-state index contributed by atoms with van der Waals surface area (Å²) in [4.78, 5) is 14.1. The van der Waals surface area contributed by atoms with Gasteiger partial charge in [0, 0.05) is 32.1 Å². The van der Waals surface area contributed by atoms with Crippen molar-refractivity contribution in [3.63, 3.8) is 0 Å². The van der Waals surface area contributed by atoms with Crippen molar-refractivity contribution in [1.82, 2.24) is 4.90 Å². The summed E-state index contributed by atoms with van der Waals surface area (Å²) >= 11 is 0. The van der Waals surface area contributed by atoms with Crippen LogP contribution in [0.25, 0.3) is 0 Å². The van der Waals surface area contributed by atoms with Crippen LogP contribution >= 0.6 is 0 Å². The summed E-state index contributed by atoms with van der Waals surface area (Å²) in [5.74, 6) is 0.340. The quantitative estimate of drug-likeness (QED) is 0.789. The molecule has 0 atom stereocenters. The van der Waals surface area contributed by atoms with E-state index >= 15 is 0 Å². The molecule has 150 valence electrons. The lowest BCUT2D eigenvalue weighted by atomic mass is 10.1. The van der Waals surface area contributed by atoms with Gasteiger partial charge in [-0.2, -0.15) is 13.7 Å².